The average Bonchev–Trinajstić information content (AvgIpc) is 2.72. The van der Waals surface area contributed by atoms with Crippen molar-refractivity contribution in [2.24, 2.45) is 5.92 Å². The summed E-state index contributed by atoms with van der Waals surface area (Å²) in [5, 5.41) is 30.7. The molecule has 7 nitrogen and oxygen atoms in total. The number of carbonyl (C=O) groups excluding carboxylic acids is 3. The lowest BCUT2D eigenvalue weighted by Gasteiger charge is -2.29. The van der Waals surface area contributed by atoms with E-state index in [4.69, 9.17) is 9.84 Å². The first-order chi connectivity index (χ1) is 13.4. The van der Waals surface area contributed by atoms with E-state index in [0.717, 1.165) is 0 Å². The number of aliphatic hydroxyl groups is 1. The van der Waals surface area contributed by atoms with E-state index in [1.54, 1.807) is 12.1 Å². The molecule has 2 aromatic carbocycles. The molecule has 0 heterocycles. The molecule has 0 aromatic heterocycles. The van der Waals surface area contributed by atoms with Gasteiger partial charge in [-0.1, -0.05) is 12.1 Å². The van der Waals surface area contributed by atoms with E-state index >= 15 is 0 Å². The molecule has 2 aliphatic carbocycles. The van der Waals surface area contributed by atoms with Gasteiger partial charge in [0.2, 0.25) is 5.78 Å². The molecule has 0 saturated carbocycles. The summed E-state index contributed by atoms with van der Waals surface area (Å²) < 4.78 is 5.20. The van der Waals surface area contributed by atoms with Crippen LogP contribution in [-0.2, 0) is 17.6 Å². The Balaban J connectivity index is 1.95. The highest BCUT2D eigenvalue weighted by Gasteiger charge is 2.40. The molecule has 4 rings (SSSR count). The van der Waals surface area contributed by atoms with Gasteiger partial charge in [0.15, 0.2) is 11.6 Å². The fourth-order valence-corrected chi connectivity index (χ4v) is 4.21. The number of fused-ring (bicyclic) bond motifs is 3. The van der Waals surface area contributed by atoms with Crippen molar-refractivity contribution in [3.63, 3.8) is 0 Å². The van der Waals surface area contributed by atoms with Crippen LogP contribution in [0.25, 0.3) is 0 Å². The molecule has 144 valence electrons. The predicted octanol–water partition coefficient (Wildman–Crippen LogP) is 1.55. The van der Waals surface area contributed by atoms with Crippen molar-refractivity contribution in [1.82, 2.24) is 0 Å². The van der Waals surface area contributed by atoms with Gasteiger partial charge in [-0.25, -0.2) is 0 Å². The molecule has 1 unspecified atom stereocenters. The number of aliphatic hydroxyl groups excluding tert-OH is 1. The molecule has 2 aromatic rings. The Morgan fingerprint density at radius 2 is 1.75 bits per heavy atom. The fraction of sp³-hybridized carbons (Fsp3) is 0.286. The normalized spacial score (nSPS) is 17.6. The van der Waals surface area contributed by atoms with Gasteiger partial charge in [-0.3, -0.25) is 14.4 Å². The monoisotopic (exact) mass is 382 g/mol. The van der Waals surface area contributed by atoms with Crippen LogP contribution in [-0.4, -0.2) is 46.4 Å². The molecule has 2 aliphatic rings. The van der Waals surface area contributed by atoms with Crippen LogP contribution in [0.3, 0.4) is 0 Å². The largest absolute Gasteiger partial charge is 0.507 e. The van der Waals surface area contributed by atoms with E-state index in [0.29, 0.717) is 12.0 Å². The van der Waals surface area contributed by atoms with Crippen LogP contribution in [0.5, 0.6) is 17.2 Å². The van der Waals surface area contributed by atoms with E-state index in [1.807, 2.05) is 0 Å². The molecular weight excluding hydrogens is 364 g/mol. The zero-order valence-corrected chi connectivity index (χ0v) is 15.1. The maximum absolute atomic E-state index is 13.1. The Bertz CT molecular complexity index is 1050. The number of aromatic hydroxyl groups is 2. The lowest BCUT2D eigenvalue weighted by atomic mass is 9.75. The van der Waals surface area contributed by atoms with Crippen molar-refractivity contribution in [3.8, 4) is 17.2 Å². The first-order valence-electron chi connectivity index (χ1n) is 8.90. The number of ketones is 3. The van der Waals surface area contributed by atoms with Crippen molar-refractivity contribution in [2.45, 2.75) is 19.3 Å². The number of rotatable bonds is 3. The summed E-state index contributed by atoms with van der Waals surface area (Å²) >= 11 is 0. The summed E-state index contributed by atoms with van der Waals surface area (Å²) in [6.07, 6.45) is 0.715. The molecule has 28 heavy (non-hydrogen) atoms. The van der Waals surface area contributed by atoms with Crippen LogP contribution in [0, 0.1) is 5.92 Å². The molecular formula is C21H18O7. The van der Waals surface area contributed by atoms with E-state index < -0.39 is 24.1 Å². The third-order valence-corrected chi connectivity index (χ3v) is 5.64. The van der Waals surface area contributed by atoms with E-state index in [9.17, 15) is 24.6 Å². The summed E-state index contributed by atoms with van der Waals surface area (Å²) in [6.45, 7) is -0.609. The Kier molecular flexibility index (Phi) is 4.19. The lowest BCUT2D eigenvalue weighted by molar-refractivity contribution is -0.125. The highest BCUT2D eigenvalue weighted by Crippen LogP contribution is 2.47. The van der Waals surface area contributed by atoms with Crippen LogP contribution in [0.4, 0.5) is 0 Å². The second-order valence-electron chi connectivity index (χ2n) is 7.01. The number of hydrogen-bond acceptors (Lipinski definition) is 7. The number of hydrogen-bond donors (Lipinski definition) is 3. The predicted molar refractivity (Wildman–Crippen MR) is 97.2 cm³/mol. The number of methoxy groups -OCH3 is 1. The van der Waals surface area contributed by atoms with E-state index in [1.165, 1.54) is 13.2 Å². The number of Topliss-reactive ketones (excluding diaryl/α,β-unsaturated/α-hetero) is 1. The molecule has 3 N–H and O–H groups in total. The summed E-state index contributed by atoms with van der Waals surface area (Å²) in [5.41, 5.74) is 0.301. The van der Waals surface area contributed by atoms with Gasteiger partial charge in [0.05, 0.1) is 23.8 Å². The Labute approximate surface area is 160 Å². The minimum Gasteiger partial charge on any atom is -0.507 e. The van der Waals surface area contributed by atoms with Crippen molar-refractivity contribution >= 4 is 17.3 Å². The van der Waals surface area contributed by atoms with Crippen LogP contribution in [0.15, 0.2) is 18.2 Å². The third-order valence-electron chi connectivity index (χ3n) is 5.64. The van der Waals surface area contributed by atoms with Gasteiger partial charge in [-0.2, -0.15) is 0 Å². The van der Waals surface area contributed by atoms with Gasteiger partial charge in [0.1, 0.15) is 23.9 Å². The Morgan fingerprint density at radius 1 is 1.07 bits per heavy atom. The fourth-order valence-electron chi connectivity index (χ4n) is 4.21. The van der Waals surface area contributed by atoms with Crippen LogP contribution >= 0.6 is 0 Å². The Morgan fingerprint density at radius 3 is 2.43 bits per heavy atom. The van der Waals surface area contributed by atoms with Crippen molar-refractivity contribution in [2.75, 3.05) is 13.7 Å². The summed E-state index contributed by atoms with van der Waals surface area (Å²) in [6, 6.07) is 4.59. The zero-order chi connectivity index (χ0) is 20.2. The molecule has 0 spiro atoms. The molecule has 0 bridgehead atoms. The smallest absolute Gasteiger partial charge is 0.202 e. The summed E-state index contributed by atoms with van der Waals surface area (Å²) in [7, 11) is 1.38. The minimum atomic E-state index is -0.609. The number of ether oxygens (including phenoxy) is 1. The molecule has 0 amide bonds. The third kappa shape index (κ3) is 2.36. The number of phenols is 2. The molecule has 0 radical (unpaired) electrons. The van der Waals surface area contributed by atoms with Gasteiger partial charge in [-0.15, -0.1) is 0 Å². The maximum atomic E-state index is 13.1. The highest BCUT2D eigenvalue weighted by atomic mass is 16.5. The van der Waals surface area contributed by atoms with Crippen LogP contribution in [0.1, 0.15) is 49.4 Å². The van der Waals surface area contributed by atoms with Gasteiger partial charge < -0.3 is 20.1 Å². The van der Waals surface area contributed by atoms with Crippen LogP contribution < -0.4 is 4.74 Å². The molecule has 1 atom stereocenters. The average molecular weight is 382 g/mol. The SMILES string of the molecule is COc1cccc2c1C(=O)c1c(O)c3c(c(O)c1C2=O)CC(C(=O)CO)CC3. The van der Waals surface area contributed by atoms with E-state index in [2.05, 4.69) is 0 Å². The molecule has 7 heteroatoms. The van der Waals surface area contributed by atoms with Crippen molar-refractivity contribution in [3.05, 3.63) is 51.6 Å². The number of phenolic OH excluding ortho intramolecular Hbond substituents is 2. The van der Waals surface area contributed by atoms with Gasteiger partial charge >= 0.3 is 0 Å². The molecule has 0 aliphatic heterocycles. The second-order valence-corrected chi connectivity index (χ2v) is 7.01. The first kappa shape index (κ1) is 18.2. The van der Waals surface area contributed by atoms with Gasteiger partial charge in [0, 0.05) is 22.6 Å². The number of benzene rings is 2. The minimum absolute atomic E-state index is 0.0568. The maximum Gasteiger partial charge on any atom is 0.202 e. The second kappa shape index (κ2) is 6.45. The standard InChI is InChI=1S/C21H18O7/c1-28-14-4-2-3-11-15(14)21(27)17-16(19(11)25)20(26)12-7-9(13(23)8-22)5-6-10(12)18(17)24/h2-4,9,22,24,26H,5-8H2,1H3. The molecule has 0 saturated heterocycles. The lowest BCUT2D eigenvalue weighted by Crippen LogP contribution is -2.28. The topological polar surface area (TPSA) is 121 Å². The Hall–Kier alpha value is -3.19. The quantitative estimate of drug-likeness (QED) is 0.588. The van der Waals surface area contributed by atoms with Crippen LogP contribution in [0.2, 0.25) is 0 Å². The van der Waals surface area contributed by atoms with Gasteiger partial charge in [0.25, 0.3) is 0 Å². The summed E-state index contributed by atoms with van der Waals surface area (Å²) in [5.74, 6) is -2.56. The zero-order valence-electron chi connectivity index (χ0n) is 15.1. The molecule has 0 fully saturated rings. The highest BCUT2D eigenvalue weighted by molar-refractivity contribution is 6.31. The van der Waals surface area contributed by atoms with Crippen molar-refractivity contribution < 1.29 is 34.4 Å². The first-order valence-corrected chi connectivity index (χ1v) is 8.90. The van der Waals surface area contributed by atoms with E-state index in [-0.39, 0.29) is 63.7 Å². The van der Waals surface area contributed by atoms with Gasteiger partial charge in [-0.05, 0) is 25.3 Å². The number of carbonyl (C=O) groups is 3. The summed E-state index contributed by atoms with van der Waals surface area (Å²) in [4.78, 5) is 38.1. The van der Waals surface area contributed by atoms with Crippen molar-refractivity contribution in [1.29, 1.82) is 0 Å².